The van der Waals surface area contributed by atoms with E-state index in [1.807, 2.05) is 38.8 Å². The van der Waals surface area contributed by atoms with Crippen molar-refractivity contribution < 1.29 is 36.4 Å². The molecule has 0 saturated carbocycles. The predicted octanol–water partition coefficient (Wildman–Crippen LogP) is 3.87. The molecule has 2 unspecified atom stereocenters. The number of nitrogens with zero attached hydrogens (tertiary/aromatic N) is 2. The van der Waals surface area contributed by atoms with Gasteiger partial charge in [0, 0.05) is 25.9 Å². The van der Waals surface area contributed by atoms with Gasteiger partial charge in [-0.3, -0.25) is 23.7 Å². The van der Waals surface area contributed by atoms with Crippen molar-refractivity contribution in [3.8, 4) is 5.75 Å². The summed E-state index contributed by atoms with van der Waals surface area (Å²) in [4.78, 5) is 40.1. The molecule has 0 spiro atoms. The summed E-state index contributed by atoms with van der Waals surface area (Å²) in [5, 5.41) is 2.24. The second-order valence-electron chi connectivity index (χ2n) is 11.9. The third-order valence-electron chi connectivity index (χ3n) is 8.51. The lowest BCUT2D eigenvalue weighted by Crippen LogP contribution is -2.53. The Morgan fingerprint density at radius 3 is 2.44 bits per heavy atom. The zero-order valence-corrected chi connectivity index (χ0v) is 26.9. The molecular weight excluding hydrogens is 605 g/mol. The molecule has 4 rings (SSSR count). The van der Waals surface area contributed by atoms with Crippen LogP contribution in [-0.2, 0) is 23.0 Å². The van der Waals surface area contributed by atoms with E-state index in [2.05, 4.69) is 5.09 Å². The Hall–Kier alpha value is -2.68. The smallest absolute Gasteiger partial charge is 0.413 e. The second-order valence-corrected chi connectivity index (χ2v) is 18.2. The van der Waals surface area contributed by atoms with E-state index in [9.17, 15) is 18.9 Å². The van der Waals surface area contributed by atoms with Gasteiger partial charge in [0.2, 0.25) is 12.1 Å². The Bertz CT molecular complexity index is 1470. The van der Waals surface area contributed by atoms with Gasteiger partial charge in [0.1, 0.15) is 18.0 Å². The molecular formula is C27H39F2N4O8PSi. The number of hydrogen-bond acceptors (Lipinski definition) is 8. The topological polar surface area (TPSA) is 141 Å². The zero-order chi connectivity index (χ0) is 31.8. The molecule has 0 aliphatic carbocycles. The lowest BCUT2D eigenvalue weighted by Gasteiger charge is -2.42. The van der Waals surface area contributed by atoms with E-state index in [1.165, 1.54) is 17.0 Å². The van der Waals surface area contributed by atoms with Gasteiger partial charge in [-0.05, 0) is 36.7 Å². The number of rotatable bonds is 12. The number of para-hydroxylation sites is 1. The fourth-order valence-corrected chi connectivity index (χ4v) is 8.44. The van der Waals surface area contributed by atoms with E-state index in [0.717, 1.165) is 12.3 Å². The van der Waals surface area contributed by atoms with Crippen LogP contribution in [0.25, 0.3) is 0 Å². The summed E-state index contributed by atoms with van der Waals surface area (Å²) >= 11 is 0. The monoisotopic (exact) mass is 644 g/mol. The van der Waals surface area contributed by atoms with Gasteiger partial charge in [0.25, 0.3) is 5.56 Å². The first kappa shape index (κ1) is 33.2. The molecule has 0 radical (unpaired) electrons. The number of halogens is 2. The van der Waals surface area contributed by atoms with Crippen molar-refractivity contribution in [3.05, 3.63) is 63.4 Å². The van der Waals surface area contributed by atoms with Crippen LogP contribution in [0.3, 0.4) is 0 Å². The molecule has 2 fully saturated rings. The van der Waals surface area contributed by atoms with Gasteiger partial charge >= 0.3 is 19.4 Å². The number of likely N-dealkylation sites (N-methyl/N-ethyl adjacent to an activating group) is 1. The van der Waals surface area contributed by atoms with Crippen LogP contribution in [0.1, 0.15) is 39.8 Å². The minimum atomic E-state index is -4.35. The summed E-state index contributed by atoms with van der Waals surface area (Å²) in [6.45, 7) is 9.16. The van der Waals surface area contributed by atoms with Crippen LogP contribution in [0.4, 0.5) is 8.78 Å². The highest BCUT2D eigenvalue weighted by Crippen LogP contribution is 2.51. The minimum Gasteiger partial charge on any atom is -0.413 e. The van der Waals surface area contributed by atoms with E-state index in [-0.39, 0.29) is 11.7 Å². The molecule has 16 heteroatoms. The number of nitrogens with one attached hydrogen (secondary N) is 2. The van der Waals surface area contributed by atoms with Crippen molar-refractivity contribution >= 4 is 22.0 Å². The molecule has 2 N–H and O–H groups in total. The summed E-state index contributed by atoms with van der Waals surface area (Å²) in [6.07, 6.45) is -3.68. The van der Waals surface area contributed by atoms with Gasteiger partial charge in [-0.2, -0.15) is 13.9 Å². The van der Waals surface area contributed by atoms with E-state index in [4.69, 9.17) is 18.2 Å². The number of amides is 1. The fourth-order valence-electron chi connectivity index (χ4n) is 4.78. The average Bonchev–Trinajstić information content (AvgIpc) is 3.37. The van der Waals surface area contributed by atoms with Crippen LogP contribution in [0.5, 0.6) is 5.75 Å². The van der Waals surface area contributed by atoms with E-state index in [1.54, 1.807) is 25.2 Å². The summed E-state index contributed by atoms with van der Waals surface area (Å²) < 4.78 is 70.4. The number of benzene rings is 1. The molecule has 1 amide bonds. The second kappa shape index (κ2) is 12.4. The Kier molecular flexibility index (Phi) is 9.55. The van der Waals surface area contributed by atoms with Crippen molar-refractivity contribution in [2.45, 2.75) is 82.1 Å². The highest BCUT2D eigenvalue weighted by atomic mass is 31.2. The standard InChI is InChI=1S/C27H39F2N4O8PSi/c1-7-26(2,3)43(5,6)41-22-20(39-24(27(22,28)29)33-16-14-21(34)30-25(33)36)17-38-42(37,40-18-11-9-8-10-12-18)31-19-13-15-32(4)23(19)35/h8-12,14,16,19-20,22,24H,7,13,15,17H2,1-6H3,(H,31,37)(H,30,34,36)/t19?,20-,22-,24-,42?/m1/s1. The van der Waals surface area contributed by atoms with E-state index < -0.39 is 69.4 Å². The summed E-state index contributed by atoms with van der Waals surface area (Å²) in [6, 6.07) is 8.13. The zero-order valence-electron chi connectivity index (χ0n) is 25.0. The molecule has 1 aromatic carbocycles. The largest absolute Gasteiger partial charge is 0.459 e. The third-order valence-corrected chi connectivity index (χ3v) is 14.5. The number of likely N-dealkylation sites (tertiary alicyclic amines) is 1. The molecule has 5 atom stereocenters. The number of carbonyl (C=O) groups is 1. The Balaban J connectivity index is 1.67. The first-order chi connectivity index (χ1) is 20.0. The quantitative estimate of drug-likeness (QED) is 0.260. The van der Waals surface area contributed by atoms with Crippen molar-refractivity contribution in [1.82, 2.24) is 19.5 Å². The number of carbonyl (C=O) groups excluding carboxylic acids is 1. The molecule has 2 aromatic rings. The molecule has 3 heterocycles. The molecule has 12 nitrogen and oxygen atoms in total. The van der Waals surface area contributed by atoms with Crippen molar-refractivity contribution in [2.75, 3.05) is 20.2 Å². The van der Waals surface area contributed by atoms with Gasteiger partial charge in [-0.1, -0.05) is 45.4 Å². The first-order valence-corrected chi connectivity index (χ1v) is 18.5. The molecule has 238 valence electrons. The van der Waals surface area contributed by atoms with Crippen LogP contribution >= 0.6 is 7.75 Å². The predicted molar refractivity (Wildman–Crippen MR) is 157 cm³/mol. The van der Waals surface area contributed by atoms with Crippen LogP contribution in [0.15, 0.2) is 52.2 Å². The molecule has 43 heavy (non-hydrogen) atoms. The number of hydrogen-bond donors (Lipinski definition) is 2. The Labute approximate surface area is 249 Å². The van der Waals surface area contributed by atoms with Crippen LogP contribution in [-0.4, -0.2) is 73.0 Å². The van der Waals surface area contributed by atoms with Crippen molar-refractivity contribution in [2.24, 2.45) is 0 Å². The molecule has 2 saturated heterocycles. The molecule has 1 aromatic heterocycles. The van der Waals surface area contributed by atoms with Gasteiger partial charge in [0.15, 0.2) is 8.32 Å². The number of aromatic nitrogens is 2. The highest BCUT2D eigenvalue weighted by Gasteiger charge is 2.63. The van der Waals surface area contributed by atoms with Gasteiger partial charge in [-0.25, -0.2) is 9.36 Å². The van der Waals surface area contributed by atoms with Crippen molar-refractivity contribution in [1.29, 1.82) is 0 Å². The number of H-pyrrole nitrogens is 1. The van der Waals surface area contributed by atoms with Gasteiger partial charge < -0.3 is 18.6 Å². The Morgan fingerprint density at radius 1 is 1.19 bits per heavy atom. The molecule has 2 aliphatic rings. The number of aromatic amines is 1. The SMILES string of the molecule is CCC(C)(C)[Si](C)(C)O[C@@H]1[C@@H](COP(=O)(NC2CCN(C)C2=O)Oc2ccccc2)O[C@@H](n2ccc(=O)[nH]c2=O)C1(F)F. The maximum atomic E-state index is 16.2. The first-order valence-electron chi connectivity index (χ1n) is 14.0. The van der Waals surface area contributed by atoms with Gasteiger partial charge in [-0.15, -0.1) is 0 Å². The summed E-state index contributed by atoms with van der Waals surface area (Å²) in [5.74, 6) is -3.93. The van der Waals surface area contributed by atoms with E-state index in [0.29, 0.717) is 24.0 Å². The fraction of sp³-hybridized carbons (Fsp3) is 0.593. The lowest BCUT2D eigenvalue weighted by atomic mass is 10.1. The molecule has 0 bridgehead atoms. The van der Waals surface area contributed by atoms with E-state index >= 15 is 8.78 Å². The van der Waals surface area contributed by atoms with Crippen molar-refractivity contribution in [3.63, 3.8) is 0 Å². The summed E-state index contributed by atoms with van der Waals surface area (Å²) in [7, 11) is -5.64. The third kappa shape index (κ3) is 7.02. The average molecular weight is 645 g/mol. The maximum absolute atomic E-state index is 16.2. The minimum absolute atomic E-state index is 0.165. The lowest BCUT2D eigenvalue weighted by molar-refractivity contribution is -0.138. The maximum Gasteiger partial charge on any atom is 0.459 e. The van der Waals surface area contributed by atoms with Gasteiger partial charge in [0.05, 0.1) is 12.6 Å². The summed E-state index contributed by atoms with van der Waals surface area (Å²) in [5.41, 5.74) is -1.85. The van der Waals surface area contributed by atoms with Crippen LogP contribution < -0.4 is 20.9 Å². The highest BCUT2D eigenvalue weighted by molar-refractivity contribution is 7.52. The Morgan fingerprint density at radius 2 is 1.86 bits per heavy atom. The number of ether oxygens (including phenoxy) is 1. The van der Waals surface area contributed by atoms with Crippen LogP contribution in [0, 0.1) is 0 Å². The number of alkyl halides is 2. The molecule has 2 aliphatic heterocycles. The normalized spacial score (nSPS) is 25.6. The van der Waals surface area contributed by atoms with Crippen LogP contribution in [0.2, 0.25) is 18.1 Å².